The van der Waals surface area contributed by atoms with Crippen LogP contribution in [0.1, 0.15) is 11.4 Å². The highest BCUT2D eigenvalue weighted by atomic mass is 79.9. The van der Waals surface area contributed by atoms with Gasteiger partial charge in [-0.3, -0.25) is 0 Å². The van der Waals surface area contributed by atoms with Crippen LogP contribution >= 0.6 is 27.5 Å². The van der Waals surface area contributed by atoms with Crippen molar-refractivity contribution in [3.8, 4) is 5.82 Å². The summed E-state index contributed by atoms with van der Waals surface area (Å²) in [4.78, 5) is 0. The zero-order chi connectivity index (χ0) is 12.0. The maximum atomic E-state index is 4.59. The fourth-order valence-corrected chi connectivity index (χ4v) is 3.43. The van der Waals surface area contributed by atoms with Crippen molar-refractivity contribution in [2.24, 2.45) is 0 Å². The molecule has 0 bridgehead atoms. The van der Waals surface area contributed by atoms with Crippen LogP contribution in [0.15, 0.2) is 34.8 Å². The highest BCUT2D eigenvalue weighted by Crippen LogP contribution is 2.32. The molecular formula is C13H11BrN2S. The summed E-state index contributed by atoms with van der Waals surface area (Å²) in [5, 5.41) is 1.20. The molecule has 0 radical (unpaired) electrons. The summed E-state index contributed by atoms with van der Waals surface area (Å²) in [5.74, 6) is 1.03. The molecule has 0 atom stereocenters. The molecule has 0 aliphatic rings. The average molecular weight is 307 g/mol. The first-order chi connectivity index (χ1) is 8.18. The first-order valence-electron chi connectivity index (χ1n) is 5.37. The minimum absolute atomic E-state index is 1.03. The molecule has 0 saturated carbocycles. The molecule has 3 rings (SSSR count). The summed E-state index contributed by atoms with van der Waals surface area (Å²) in [6.07, 6.45) is 0. The lowest BCUT2D eigenvalue weighted by molar-refractivity contribution is 0.950. The van der Waals surface area contributed by atoms with E-state index in [1.54, 1.807) is 0 Å². The van der Waals surface area contributed by atoms with Gasteiger partial charge in [-0.05, 0) is 65.6 Å². The Morgan fingerprint density at radius 2 is 1.82 bits per heavy atom. The second-order valence-electron chi connectivity index (χ2n) is 4.07. The zero-order valence-electron chi connectivity index (χ0n) is 9.57. The van der Waals surface area contributed by atoms with E-state index in [1.807, 2.05) is 0 Å². The Bertz CT molecular complexity index is 677. The normalized spacial score (nSPS) is 11.2. The maximum absolute atomic E-state index is 4.59. The molecule has 2 aromatic heterocycles. The van der Waals surface area contributed by atoms with Crippen LogP contribution in [0.3, 0.4) is 0 Å². The molecule has 86 valence electrons. The van der Waals surface area contributed by atoms with Crippen molar-refractivity contribution in [1.82, 2.24) is 8.94 Å². The van der Waals surface area contributed by atoms with Crippen LogP contribution in [0.4, 0.5) is 0 Å². The molecule has 2 nitrogen and oxygen atoms in total. The summed E-state index contributed by atoms with van der Waals surface area (Å²) in [6, 6.07) is 10.5. The number of aromatic nitrogens is 2. The van der Waals surface area contributed by atoms with E-state index < -0.39 is 0 Å². The molecule has 0 spiro atoms. The molecule has 0 aliphatic heterocycles. The second kappa shape index (κ2) is 3.96. The van der Waals surface area contributed by atoms with Gasteiger partial charge in [0.15, 0.2) is 5.82 Å². The number of rotatable bonds is 1. The van der Waals surface area contributed by atoms with Gasteiger partial charge in [0, 0.05) is 21.2 Å². The number of hydrogen-bond acceptors (Lipinski definition) is 2. The number of hydrogen-bond donors (Lipinski definition) is 0. The molecule has 3 aromatic rings. The molecule has 0 saturated heterocycles. The lowest BCUT2D eigenvalue weighted by atomic mass is 10.2. The molecule has 0 aliphatic carbocycles. The molecule has 1 aromatic carbocycles. The first-order valence-corrected chi connectivity index (χ1v) is 6.94. The average Bonchev–Trinajstić information content (AvgIpc) is 2.84. The Balaban J connectivity index is 2.36. The second-order valence-corrected chi connectivity index (χ2v) is 5.70. The quantitative estimate of drug-likeness (QED) is 0.649. The van der Waals surface area contributed by atoms with Crippen LogP contribution in [-0.2, 0) is 0 Å². The van der Waals surface area contributed by atoms with Gasteiger partial charge < -0.3 is 4.57 Å². The van der Waals surface area contributed by atoms with Crippen molar-refractivity contribution in [3.63, 3.8) is 0 Å². The SMILES string of the molecule is Cc1ccc(C)n1-c1nsc2c(Br)cccc12. The van der Waals surface area contributed by atoms with Crippen LogP contribution in [0.2, 0.25) is 0 Å². The van der Waals surface area contributed by atoms with Crippen LogP contribution in [0.5, 0.6) is 0 Å². The number of nitrogens with zero attached hydrogens (tertiary/aromatic N) is 2. The summed E-state index contributed by atoms with van der Waals surface area (Å²) < 4.78 is 9.11. The molecule has 2 heterocycles. The smallest absolute Gasteiger partial charge is 0.158 e. The van der Waals surface area contributed by atoms with Crippen molar-refractivity contribution in [3.05, 3.63) is 46.2 Å². The number of benzene rings is 1. The van der Waals surface area contributed by atoms with Crippen LogP contribution < -0.4 is 0 Å². The van der Waals surface area contributed by atoms with Crippen molar-refractivity contribution in [2.75, 3.05) is 0 Å². The molecular weight excluding hydrogens is 296 g/mol. The van der Waals surface area contributed by atoms with E-state index in [0.29, 0.717) is 0 Å². The Hall–Kier alpha value is -1.13. The Kier molecular flexibility index (Phi) is 2.56. The lowest BCUT2D eigenvalue weighted by Gasteiger charge is -2.06. The topological polar surface area (TPSA) is 17.8 Å². The van der Waals surface area contributed by atoms with Gasteiger partial charge in [-0.15, -0.1) is 0 Å². The van der Waals surface area contributed by atoms with Crippen molar-refractivity contribution in [1.29, 1.82) is 0 Å². The van der Waals surface area contributed by atoms with Gasteiger partial charge in [-0.1, -0.05) is 6.07 Å². The van der Waals surface area contributed by atoms with E-state index in [1.165, 1.54) is 33.0 Å². The molecule has 0 N–H and O–H groups in total. The molecule has 0 unspecified atom stereocenters. The molecule has 17 heavy (non-hydrogen) atoms. The molecule has 0 fully saturated rings. The van der Waals surface area contributed by atoms with Crippen molar-refractivity contribution in [2.45, 2.75) is 13.8 Å². The molecule has 4 heteroatoms. The maximum Gasteiger partial charge on any atom is 0.158 e. The van der Waals surface area contributed by atoms with Crippen LogP contribution in [-0.4, -0.2) is 8.94 Å². The zero-order valence-corrected chi connectivity index (χ0v) is 12.0. The Morgan fingerprint density at radius 1 is 1.12 bits per heavy atom. The number of aryl methyl sites for hydroxylation is 2. The highest BCUT2D eigenvalue weighted by Gasteiger charge is 2.12. The van der Waals surface area contributed by atoms with Crippen LogP contribution in [0, 0.1) is 13.8 Å². The van der Waals surface area contributed by atoms with E-state index in [4.69, 9.17) is 0 Å². The predicted molar refractivity (Wildman–Crippen MR) is 76.1 cm³/mol. The van der Waals surface area contributed by atoms with E-state index in [9.17, 15) is 0 Å². The fourth-order valence-electron chi connectivity index (χ4n) is 2.08. The van der Waals surface area contributed by atoms with Gasteiger partial charge in [-0.25, -0.2) is 0 Å². The van der Waals surface area contributed by atoms with Crippen molar-refractivity contribution >= 4 is 37.5 Å². The van der Waals surface area contributed by atoms with Gasteiger partial charge in [0.05, 0.1) is 4.70 Å². The lowest BCUT2D eigenvalue weighted by Crippen LogP contribution is -1.98. The fraction of sp³-hybridized carbons (Fsp3) is 0.154. The van der Waals surface area contributed by atoms with E-state index in [2.05, 4.69) is 69.0 Å². The Morgan fingerprint density at radius 3 is 2.53 bits per heavy atom. The van der Waals surface area contributed by atoms with Gasteiger partial charge >= 0.3 is 0 Å². The van der Waals surface area contributed by atoms with E-state index in [-0.39, 0.29) is 0 Å². The number of halogens is 1. The van der Waals surface area contributed by atoms with Gasteiger partial charge in [-0.2, -0.15) is 4.37 Å². The largest absolute Gasteiger partial charge is 0.302 e. The van der Waals surface area contributed by atoms with Gasteiger partial charge in [0.25, 0.3) is 0 Å². The number of fused-ring (bicyclic) bond motifs is 1. The van der Waals surface area contributed by atoms with Gasteiger partial charge in [0.1, 0.15) is 0 Å². The third-order valence-corrected chi connectivity index (χ3v) is 4.72. The highest BCUT2D eigenvalue weighted by molar-refractivity contribution is 9.10. The summed E-state index contributed by atoms with van der Waals surface area (Å²) in [6.45, 7) is 4.21. The Labute approximate surface area is 112 Å². The summed E-state index contributed by atoms with van der Waals surface area (Å²) in [7, 11) is 0. The van der Waals surface area contributed by atoms with Gasteiger partial charge in [0.2, 0.25) is 0 Å². The summed E-state index contributed by atoms with van der Waals surface area (Å²) in [5.41, 5.74) is 2.43. The third kappa shape index (κ3) is 1.63. The monoisotopic (exact) mass is 306 g/mol. The predicted octanol–water partition coefficient (Wildman–Crippen LogP) is 4.47. The minimum Gasteiger partial charge on any atom is -0.302 e. The van der Waals surface area contributed by atoms with E-state index >= 15 is 0 Å². The minimum atomic E-state index is 1.03. The molecule has 0 amide bonds. The first kappa shape index (κ1) is 11.0. The van der Waals surface area contributed by atoms with Crippen LogP contribution in [0.25, 0.3) is 15.9 Å². The van der Waals surface area contributed by atoms with E-state index in [0.717, 1.165) is 10.3 Å². The summed E-state index contributed by atoms with van der Waals surface area (Å²) >= 11 is 5.11. The standard InChI is InChI=1S/C13H11BrN2S/c1-8-6-7-9(2)16(8)13-10-4-3-5-11(14)12(10)17-15-13/h3-7H,1-2H3. The van der Waals surface area contributed by atoms with Crippen molar-refractivity contribution < 1.29 is 0 Å². The third-order valence-electron chi connectivity index (χ3n) is 2.91.